The zero-order valence-corrected chi connectivity index (χ0v) is 11.0. The highest BCUT2D eigenvalue weighted by Crippen LogP contribution is 2.17. The quantitative estimate of drug-likeness (QED) is 0.758. The molecule has 1 aromatic rings. The summed E-state index contributed by atoms with van der Waals surface area (Å²) in [5, 5.41) is 3.52. The molecular weight excluding hydrogens is 224 g/mol. The van der Waals surface area contributed by atoms with E-state index in [1.54, 1.807) is 0 Å². The smallest absolute Gasteiger partial charge is 0.0468 e. The van der Waals surface area contributed by atoms with Gasteiger partial charge in [-0.25, -0.2) is 0 Å². The van der Waals surface area contributed by atoms with Gasteiger partial charge in [-0.05, 0) is 42.9 Å². The minimum absolute atomic E-state index is 0.621. The van der Waals surface area contributed by atoms with E-state index < -0.39 is 0 Å². The average Bonchev–Trinajstić information content (AvgIpc) is 2.45. The van der Waals surface area contributed by atoms with E-state index in [2.05, 4.69) is 29.6 Å². The Balaban J connectivity index is 1.65. The molecule has 1 saturated heterocycles. The molecule has 1 heterocycles. The zero-order chi connectivity index (χ0) is 12.6. The summed E-state index contributed by atoms with van der Waals surface area (Å²) in [6, 6.07) is 8.49. The van der Waals surface area contributed by atoms with E-state index in [9.17, 15) is 0 Å². The Morgan fingerprint density at radius 2 is 2.00 bits per heavy atom. The molecule has 1 aliphatic rings. The van der Waals surface area contributed by atoms with Crippen LogP contribution in [0.3, 0.4) is 0 Å². The van der Waals surface area contributed by atoms with Crippen LogP contribution in [-0.2, 0) is 17.8 Å². The highest BCUT2D eigenvalue weighted by molar-refractivity contribution is 5.23. The van der Waals surface area contributed by atoms with Crippen molar-refractivity contribution in [2.24, 2.45) is 11.7 Å². The van der Waals surface area contributed by atoms with E-state index in [0.717, 1.165) is 32.2 Å². The summed E-state index contributed by atoms with van der Waals surface area (Å²) in [5.41, 5.74) is 8.17. The van der Waals surface area contributed by atoms with Gasteiger partial charge in [0.05, 0.1) is 0 Å². The lowest BCUT2D eigenvalue weighted by Crippen LogP contribution is -2.22. The zero-order valence-electron chi connectivity index (χ0n) is 11.0. The lowest BCUT2D eigenvalue weighted by Gasteiger charge is -2.21. The average molecular weight is 248 g/mol. The highest BCUT2D eigenvalue weighted by atomic mass is 16.5. The topological polar surface area (TPSA) is 47.3 Å². The summed E-state index contributed by atoms with van der Waals surface area (Å²) in [6.07, 6.45) is 3.72. The van der Waals surface area contributed by atoms with Crippen molar-refractivity contribution in [3.05, 3.63) is 35.4 Å². The Morgan fingerprint density at radius 3 is 2.78 bits per heavy atom. The molecule has 1 fully saturated rings. The number of rotatable bonds is 6. The fraction of sp³-hybridized carbons (Fsp3) is 0.600. The number of benzene rings is 1. The molecule has 2 rings (SSSR count). The first-order valence-electron chi connectivity index (χ1n) is 6.95. The molecule has 0 atom stereocenters. The van der Waals surface area contributed by atoms with Gasteiger partial charge >= 0.3 is 0 Å². The maximum atomic E-state index is 5.64. The Kier molecular flexibility index (Phi) is 5.65. The summed E-state index contributed by atoms with van der Waals surface area (Å²) >= 11 is 0. The normalized spacial score (nSPS) is 16.9. The van der Waals surface area contributed by atoms with Gasteiger partial charge in [-0.3, -0.25) is 0 Å². The Morgan fingerprint density at radius 1 is 1.22 bits per heavy atom. The molecule has 18 heavy (non-hydrogen) atoms. The second kappa shape index (κ2) is 7.52. The fourth-order valence-electron chi connectivity index (χ4n) is 2.44. The third kappa shape index (κ3) is 4.41. The maximum Gasteiger partial charge on any atom is 0.0468 e. The first kappa shape index (κ1) is 13.5. The molecule has 1 aliphatic heterocycles. The minimum atomic E-state index is 0.621. The highest BCUT2D eigenvalue weighted by Gasteiger charge is 2.12. The summed E-state index contributed by atoms with van der Waals surface area (Å²) in [5.74, 6) is 0.849. The number of hydrogen-bond donors (Lipinski definition) is 2. The number of hydrogen-bond acceptors (Lipinski definition) is 3. The SMILES string of the molecule is NCc1cccc(CNCCC2CCOCC2)c1. The monoisotopic (exact) mass is 248 g/mol. The van der Waals surface area contributed by atoms with E-state index in [1.807, 2.05) is 0 Å². The molecule has 100 valence electrons. The van der Waals surface area contributed by atoms with Crippen molar-refractivity contribution in [1.29, 1.82) is 0 Å². The van der Waals surface area contributed by atoms with Crippen molar-refractivity contribution in [1.82, 2.24) is 5.32 Å². The van der Waals surface area contributed by atoms with Crippen LogP contribution in [0.1, 0.15) is 30.4 Å². The van der Waals surface area contributed by atoms with Crippen LogP contribution in [0.4, 0.5) is 0 Å². The molecule has 0 radical (unpaired) electrons. The van der Waals surface area contributed by atoms with Gasteiger partial charge in [0.25, 0.3) is 0 Å². The summed E-state index contributed by atoms with van der Waals surface area (Å²) < 4.78 is 5.37. The van der Waals surface area contributed by atoms with E-state index >= 15 is 0 Å². The fourth-order valence-corrected chi connectivity index (χ4v) is 2.44. The predicted molar refractivity (Wildman–Crippen MR) is 74.2 cm³/mol. The number of nitrogens with two attached hydrogens (primary N) is 1. The number of ether oxygens (including phenoxy) is 1. The molecule has 0 aromatic heterocycles. The van der Waals surface area contributed by atoms with Crippen molar-refractivity contribution in [2.75, 3.05) is 19.8 Å². The Labute approximate surface area is 110 Å². The number of nitrogens with one attached hydrogen (secondary N) is 1. The minimum Gasteiger partial charge on any atom is -0.381 e. The van der Waals surface area contributed by atoms with Gasteiger partial charge in [0.2, 0.25) is 0 Å². The van der Waals surface area contributed by atoms with Crippen LogP contribution >= 0.6 is 0 Å². The summed E-state index contributed by atoms with van der Waals surface area (Å²) in [4.78, 5) is 0. The molecule has 3 heteroatoms. The van der Waals surface area contributed by atoms with Gasteiger partial charge in [-0.15, -0.1) is 0 Å². The van der Waals surface area contributed by atoms with Crippen LogP contribution in [0.15, 0.2) is 24.3 Å². The van der Waals surface area contributed by atoms with Crippen LogP contribution in [0, 0.1) is 5.92 Å². The van der Waals surface area contributed by atoms with Crippen LogP contribution < -0.4 is 11.1 Å². The first-order valence-corrected chi connectivity index (χ1v) is 6.95. The molecule has 1 aromatic carbocycles. The van der Waals surface area contributed by atoms with Gasteiger partial charge in [-0.2, -0.15) is 0 Å². The van der Waals surface area contributed by atoms with Crippen molar-refractivity contribution in [3.8, 4) is 0 Å². The van der Waals surface area contributed by atoms with E-state index in [1.165, 1.54) is 30.4 Å². The van der Waals surface area contributed by atoms with E-state index in [-0.39, 0.29) is 0 Å². The summed E-state index contributed by atoms with van der Waals surface area (Å²) in [7, 11) is 0. The standard InChI is InChI=1S/C15H24N2O/c16-11-14-2-1-3-15(10-14)12-17-7-4-13-5-8-18-9-6-13/h1-3,10,13,17H,4-9,11-12,16H2. The third-order valence-electron chi connectivity index (χ3n) is 3.63. The molecule has 3 N–H and O–H groups in total. The largest absolute Gasteiger partial charge is 0.381 e. The predicted octanol–water partition coefficient (Wildman–Crippen LogP) is 2.05. The van der Waals surface area contributed by atoms with Crippen molar-refractivity contribution >= 4 is 0 Å². The molecular formula is C15H24N2O. The van der Waals surface area contributed by atoms with Crippen LogP contribution in [0.2, 0.25) is 0 Å². The third-order valence-corrected chi connectivity index (χ3v) is 3.63. The van der Waals surface area contributed by atoms with Gasteiger partial charge in [-0.1, -0.05) is 24.3 Å². The van der Waals surface area contributed by atoms with Gasteiger partial charge < -0.3 is 15.8 Å². The Bertz CT molecular complexity index is 348. The second-order valence-electron chi connectivity index (χ2n) is 5.05. The molecule has 3 nitrogen and oxygen atoms in total. The van der Waals surface area contributed by atoms with Crippen LogP contribution in [0.5, 0.6) is 0 Å². The first-order chi connectivity index (χ1) is 8.88. The molecule has 0 amide bonds. The maximum absolute atomic E-state index is 5.64. The molecule has 0 bridgehead atoms. The Hall–Kier alpha value is -0.900. The van der Waals surface area contributed by atoms with E-state index in [0.29, 0.717) is 6.54 Å². The van der Waals surface area contributed by atoms with Crippen LogP contribution in [0.25, 0.3) is 0 Å². The van der Waals surface area contributed by atoms with Crippen LogP contribution in [-0.4, -0.2) is 19.8 Å². The molecule has 0 unspecified atom stereocenters. The second-order valence-corrected chi connectivity index (χ2v) is 5.05. The molecule has 0 spiro atoms. The van der Waals surface area contributed by atoms with E-state index in [4.69, 9.17) is 10.5 Å². The van der Waals surface area contributed by atoms with Gasteiger partial charge in [0.1, 0.15) is 0 Å². The van der Waals surface area contributed by atoms with Crippen molar-refractivity contribution in [2.45, 2.75) is 32.4 Å². The molecule has 0 aliphatic carbocycles. The van der Waals surface area contributed by atoms with Gasteiger partial charge in [0, 0.05) is 26.3 Å². The lowest BCUT2D eigenvalue weighted by molar-refractivity contribution is 0.0639. The van der Waals surface area contributed by atoms with Crippen molar-refractivity contribution in [3.63, 3.8) is 0 Å². The van der Waals surface area contributed by atoms with Crippen molar-refractivity contribution < 1.29 is 4.74 Å². The molecule has 0 saturated carbocycles. The van der Waals surface area contributed by atoms with Gasteiger partial charge in [0.15, 0.2) is 0 Å². The lowest BCUT2D eigenvalue weighted by atomic mass is 9.97. The summed E-state index contributed by atoms with van der Waals surface area (Å²) in [6.45, 7) is 4.55.